The van der Waals surface area contributed by atoms with Crippen molar-refractivity contribution in [2.24, 2.45) is 0 Å². The quantitative estimate of drug-likeness (QED) is 0.623. The van der Waals surface area contributed by atoms with E-state index in [1.54, 1.807) is 0 Å². The third kappa shape index (κ3) is 2.46. The molecule has 1 unspecified atom stereocenters. The second kappa shape index (κ2) is 5.49. The molecule has 0 radical (unpaired) electrons. The van der Waals surface area contributed by atoms with Crippen LogP contribution < -0.4 is 5.32 Å². The second-order valence-electron chi connectivity index (χ2n) is 3.74. The summed E-state index contributed by atoms with van der Waals surface area (Å²) < 4.78 is 2.80. The van der Waals surface area contributed by atoms with Gasteiger partial charge in [0.2, 0.25) is 0 Å². The van der Waals surface area contributed by atoms with Crippen molar-refractivity contribution in [3.63, 3.8) is 0 Å². The van der Waals surface area contributed by atoms with Gasteiger partial charge in [-0.1, -0.05) is 0 Å². The van der Waals surface area contributed by atoms with Crippen LogP contribution in [0.3, 0.4) is 0 Å². The normalized spacial score (nSPS) is 12.8. The second-order valence-corrected chi connectivity index (χ2v) is 5.80. The van der Waals surface area contributed by atoms with Gasteiger partial charge in [0.05, 0.1) is 0 Å². The Kier molecular flexibility index (Phi) is 4.00. The van der Waals surface area contributed by atoms with Gasteiger partial charge in [0.15, 0.2) is 0 Å². The summed E-state index contributed by atoms with van der Waals surface area (Å²) in [5, 5.41) is 5.52. The fraction of sp³-hybridized carbons (Fsp3) is 0.385. The molecular formula is C13H15NS2. The predicted octanol–water partition coefficient (Wildman–Crippen LogP) is 4.03. The Hall–Kier alpha value is -0.820. The van der Waals surface area contributed by atoms with Gasteiger partial charge >= 0.3 is 0 Å². The third-order valence-corrected chi connectivity index (χ3v) is 4.87. The average molecular weight is 249 g/mol. The van der Waals surface area contributed by atoms with Crippen LogP contribution in [0.15, 0.2) is 17.5 Å². The molecule has 0 saturated carbocycles. The molecule has 0 bridgehead atoms. The maximum absolute atomic E-state index is 5.27. The van der Waals surface area contributed by atoms with Gasteiger partial charge in [0.1, 0.15) is 0 Å². The highest BCUT2D eigenvalue weighted by Crippen LogP contribution is 2.34. The van der Waals surface area contributed by atoms with Crippen LogP contribution in [0.25, 0.3) is 9.40 Å². The first kappa shape index (κ1) is 11.7. The molecular weight excluding hydrogens is 234 g/mol. The van der Waals surface area contributed by atoms with E-state index in [2.05, 4.69) is 28.8 Å². The van der Waals surface area contributed by atoms with Crippen molar-refractivity contribution in [1.29, 1.82) is 0 Å². The zero-order valence-corrected chi connectivity index (χ0v) is 11.0. The number of fused-ring (bicyclic) bond motifs is 1. The van der Waals surface area contributed by atoms with Crippen molar-refractivity contribution in [3.05, 3.63) is 22.4 Å². The molecule has 0 fully saturated rings. The first-order valence-corrected chi connectivity index (χ1v) is 7.12. The number of rotatable bonds is 5. The number of hydrogen-bond acceptors (Lipinski definition) is 3. The van der Waals surface area contributed by atoms with Crippen molar-refractivity contribution in [2.45, 2.75) is 25.3 Å². The smallest absolute Gasteiger partial charge is 0.0454 e. The minimum atomic E-state index is 0.456. The highest BCUT2D eigenvalue weighted by Gasteiger charge is 2.12. The largest absolute Gasteiger partial charge is 0.312 e. The summed E-state index contributed by atoms with van der Waals surface area (Å²) in [6.45, 7) is 0. The summed E-state index contributed by atoms with van der Waals surface area (Å²) in [6, 6.07) is 4.96. The highest BCUT2D eigenvalue weighted by molar-refractivity contribution is 7.26. The number of thiophene rings is 2. The number of unbranched alkanes of at least 4 members (excludes halogenated alkanes) is 1. The van der Waals surface area contributed by atoms with Crippen LogP contribution in [0.5, 0.6) is 0 Å². The van der Waals surface area contributed by atoms with E-state index in [1.807, 2.05) is 29.7 Å². The Labute approximate surface area is 104 Å². The molecule has 84 valence electrons. The maximum Gasteiger partial charge on any atom is 0.0454 e. The lowest BCUT2D eigenvalue weighted by Crippen LogP contribution is -2.14. The molecule has 0 amide bonds. The van der Waals surface area contributed by atoms with Gasteiger partial charge in [-0.05, 0) is 37.4 Å². The highest BCUT2D eigenvalue weighted by atomic mass is 32.1. The van der Waals surface area contributed by atoms with Crippen LogP contribution in [0, 0.1) is 12.3 Å². The van der Waals surface area contributed by atoms with Crippen LogP contribution >= 0.6 is 22.7 Å². The Morgan fingerprint density at radius 3 is 3.06 bits per heavy atom. The Morgan fingerprint density at radius 1 is 1.50 bits per heavy atom. The van der Waals surface area contributed by atoms with Gasteiger partial charge in [-0.3, -0.25) is 0 Å². The molecule has 2 aromatic rings. The summed E-state index contributed by atoms with van der Waals surface area (Å²) >= 11 is 3.71. The van der Waals surface area contributed by atoms with Gasteiger partial charge in [-0.2, -0.15) is 0 Å². The molecule has 2 heterocycles. The van der Waals surface area contributed by atoms with Crippen molar-refractivity contribution in [2.75, 3.05) is 7.05 Å². The van der Waals surface area contributed by atoms with Gasteiger partial charge in [-0.25, -0.2) is 0 Å². The fourth-order valence-electron chi connectivity index (χ4n) is 1.79. The van der Waals surface area contributed by atoms with Crippen molar-refractivity contribution < 1.29 is 0 Å². The molecule has 0 aliphatic carbocycles. The fourth-order valence-corrected chi connectivity index (χ4v) is 4.06. The minimum Gasteiger partial charge on any atom is -0.312 e. The molecule has 0 aliphatic rings. The molecule has 0 aromatic carbocycles. The van der Waals surface area contributed by atoms with E-state index >= 15 is 0 Å². The number of hydrogen-bond donors (Lipinski definition) is 1. The minimum absolute atomic E-state index is 0.456. The van der Waals surface area contributed by atoms with E-state index in [0.29, 0.717) is 6.04 Å². The van der Waals surface area contributed by atoms with Crippen LogP contribution in [0.1, 0.15) is 30.2 Å². The molecule has 3 heteroatoms. The molecule has 1 atom stereocenters. The first-order chi connectivity index (χ1) is 7.85. The lowest BCUT2D eigenvalue weighted by molar-refractivity contribution is 0.540. The SMILES string of the molecule is C#CCCCC(NC)c1cc2sccc2s1. The summed E-state index contributed by atoms with van der Waals surface area (Å²) in [5.74, 6) is 2.70. The van der Waals surface area contributed by atoms with Gasteiger partial charge in [0.25, 0.3) is 0 Å². The number of nitrogens with one attached hydrogen (secondary N) is 1. The maximum atomic E-state index is 5.27. The molecule has 1 N–H and O–H groups in total. The standard InChI is InChI=1S/C13H15NS2/c1-3-4-5-6-10(14-2)12-9-13-11(16-12)7-8-15-13/h1,7-10,14H,4-6H2,2H3. The van der Waals surface area contributed by atoms with E-state index in [0.717, 1.165) is 19.3 Å². The number of terminal acetylenes is 1. The molecule has 2 rings (SSSR count). The van der Waals surface area contributed by atoms with Gasteiger partial charge < -0.3 is 5.32 Å². The Bertz CT molecular complexity index is 461. The van der Waals surface area contributed by atoms with Crippen LogP contribution in [-0.4, -0.2) is 7.05 Å². The summed E-state index contributed by atoms with van der Waals surface area (Å²) in [5.41, 5.74) is 0. The summed E-state index contributed by atoms with van der Waals surface area (Å²) in [6.07, 6.45) is 8.36. The van der Waals surface area contributed by atoms with E-state index in [9.17, 15) is 0 Å². The predicted molar refractivity (Wildman–Crippen MR) is 74.2 cm³/mol. The summed E-state index contributed by atoms with van der Waals surface area (Å²) in [7, 11) is 2.02. The third-order valence-electron chi connectivity index (χ3n) is 2.66. The average Bonchev–Trinajstić information content (AvgIpc) is 2.84. The van der Waals surface area contributed by atoms with E-state index in [1.165, 1.54) is 14.3 Å². The van der Waals surface area contributed by atoms with Crippen LogP contribution in [-0.2, 0) is 0 Å². The van der Waals surface area contributed by atoms with Crippen molar-refractivity contribution in [1.82, 2.24) is 5.32 Å². The van der Waals surface area contributed by atoms with Crippen LogP contribution in [0.2, 0.25) is 0 Å². The lowest BCUT2D eigenvalue weighted by atomic mass is 10.1. The van der Waals surface area contributed by atoms with Crippen molar-refractivity contribution >= 4 is 32.1 Å². The monoisotopic (exact) mass is 249 g/mol. The van der Waals surface area contributed by atoms with Gasteiger partial charge in [-0.15, -0.1) is 35.0 Å². The Morgan fingerprint density at radius 2 is 2.38 bits per heavy atom. The zero-order valence-electron chi connectivity index (χ0n) is 9.32. The van der Waals surface area contributed by atoms with Crippen LogP contribution in [0.4, 0.5) is 0 Å². The van der Waals surface area contributed by atoms with E-state index < -0.39 is 0 Å². The zero-order chi connectivity index (χ0) is 11.4. The molecule has 1 nitrogen and oxygen atoms in total. The molecule has 0 aliphatic heterocycles. The van der Waals surface area contributed by atoms with E-state index in [-0.39, 0.29) is 0 Å². The first-order valence-electron chi connectivity index (χ1n) is 5.43. The van der Waals surface area contributed by atoms with Crippen molar-refractivity contribution in [3.8, 4) is 12.3 Å². The lowest BCUT2D eigenvalue weighted by Gasteiger charge is -2.13. The Balaban J connectivity index is 2.09. The summed E-state index contributed by atoms with van der Waals surface area (Å²) in [4.78, 5) is 1.43. The molecule has 2 aromatic heterocycles. The molecule has 0 spiro atoms. The van der Waals surface area contributed by atoms with E-state index in [4.69, 9.17) is 6.42 Å². The molecule has 16 heavy (non-hydrogen) atoms. The molecule has 0 saturated heterocycles. The topological polar surface area (TPSA) is 12.0 Å². The van der Waals surface area contributed by atoms with Gasteiger partial charge in [0, 0.05) is 26.7 Å².